The summed E-state index contributed by atoms with van der Waals surface area (Å²) in [6.07, 6.45) is 4.63. The van der Waals surface area contributed by atoms with Gasteiger partial charge in [0.05, 0.1) is 22.1 Å². The first kappa shape index (κ1) is 25.3. The molecule has 0 aliphatic heterocycles. The van der Waals surface area contributed by atoms with E-state index in [0.717, 1.165) is 36.8 Å². The van der Waals surface area contributed by atoms with Gasteiger partial charge < -0.3 is 25.4 Å². The summed E-state index contributed by atoms with van der Waals surface area (Å²) in [7, 11) is 4.00. The van der Waals surface area contributed by atoms with Gasteiger partial charge in [-0.3, -0.25) is 4.79 Å². The molecule has 0 bridgehead atoms. The molecule has 3 N–H and O–H groups in total. The second-order valence-electron chi connectivity index (χ2n) is 9.14. The Morgan fingerprint density at radius 3 is 2.86 bits per heavy atom. The molecule has 0 saturated heterocycles. The summed E-state index contributed by atoms with van der Waals surface area (Å²) in [6.45, 7) is 3.36. The van der Waals surface area contributed by atoms with Gasteiger partial charge in [-0.1, -0.05) is 6.42 Å². The van der Waals surface area contributed by atoms with Crippen molar-refractivity contribution < 1.29 is 19.0 Å². The van der Waals surface area contributed by atoms with Crippen molar-refractivity contribution >= 4 is 39.0 Å². The number of hydrogen-bond acceptors (Lipinski definition) is 8. The van der Waals surface area contributed by atoms with Crippen LogP contribution < -0.4 is 15.4 Å². The highest BCUT2D eigenvalue weighted by Gasteiger charge is 2.26. The molecule has 1 aromatic carbocycles. The van der Waals surface area contributed by atoms with Gasteiger partial charge in [-0.15, -0.1) is 11.3 Å². The molecule has 0 radical (unpaired) electrons. The van der Waals surface area contributed by atoms with Crippen LogP contribution in [-0.4, -0.2) is 65.3 Å². The average Bonchev–Trinajstić information content (AvgIpc) is 3.17. The SMILES string of the molecule is Cc1c(C(=O)NCCCN(C)C)sc2ncnc(Nc3ccc(F)cc3OC3CCCC[C@H]3O)c12. The Morgan fingerprint density at radius 1 is 1.29 bits per heavy atom. The van der Waals surface area contributed by atoms with Crippen LogP contribution in [0.2, 0.25) is 0 Å². The minimum atomic E-state index is -0.580. The van der Waals surface area contributed by atoms with Gasteiger partial charge in [-0.25, -0.2) is 14.4 Å². The summed E-state index contributed by atoms with van der Waals surface area (Å²) in [5.74, 6) is 0.265. The summed E-state index contributed by atoms with van der Waals surface area (Å²) in [5, 5.41) is 17.3. The number of aliphatic hydroxyl groups excluding tert-OH is 1. The van der Waals surface area contributed by atoms with Gasteiger partial charge in [0, 0.05) is 12.6 Å². The van der Waals surface area contributed by atoms with E-state index >= 15 is 0 Å². The first-order chi connectivity index (χ1) is 16.8. The van der Waals surface area contributed by atoms with Crippen LogP contribution in [0.4, 0.5) is 15.9 Å². The number of carbonyl (C=O) groups excluding carboxylic acids is 1. The molecule has 35 heavy (non-hydrogen) atoms. The normalized spacial score (nSPS) is 18.1. The number of rotatable bonds is 9. The van der Waals surface area contributed by atoms with Crippen molar-refractivity contribution in [2.75, 3.05) is 32.5 Å². The van der Waals surface area contributed by atoms with E-state index in [9.17, 15) is 14.3 Å². The number of fused-ring (bicyclic) bond motifs is 1. The highest BCUT2D eigenvalue weighted by atomic mass is 32.1. The van der Waals surface area contributed by atoms with Crippen molar-refractivity contribution in [1.82, 2.24) is 20.2 Å². The summed E-state index contributed by atoms with van der Waals surface area (Å²) in [6, 6.07) is 4.25. The first-order valence-electron chi connectivity index (χ1n) is 11.9. The van der Waals surface area contributed by atoms with Crippen LogP contribution >= 0.6 is 11.3 Å². The van der Waals surface area contributed by atoms with Crippen LogP contribution in [0.15, 0.2) is 24.5 Å². The van der Waals surface area contributed by atoms with Gasteiger partial charge in [0.1, 0.15) is 34.6 Å². The largest absolute Gasteiger partial charge is 0.485 e. The van der Waals surface area contributed by atoms with Gasteiger partial charge in [0.25, 0.3) is 5.91 Å². The maximum absolute atomic E-state index is 14.1. The van der Waals surface area contributed by atoms with E-state index in [-0.39, 0.29) is 12.0 Å². The number of benzene rings is 1. The van der Waals surface area contributed by atoms with E-state index in [1.54, 1.807) is 6.07 Å². The molecule has 188 valence electrons. The molecular weight excluding hydrogens is 469 g/mol. The quantitative estimate of drug-likeness (QED) is 0.377. The number of aromatic nitrogens is 2. The third-order valence-corrected chi connectivity index (χ3v) is 7.34. The van der Waals surface area contributed by atoms with E-state index in [1.165, 1.54) is 29.8 Å². The van der Waals surface area contributed by atoms with E-state index in [0.29, 0.717) is 46.3 Å². The number of carbonyl (C=O) groups is 1. The molecule has 1 aliphatic carbocycles. The smallest absolute Gasteiger partial charge is 0.261 e. The molecule has 1 unspecified atom stereocenters. The van der Waals surface area contributed by atoms with Gasteiger partial charge in [-0.2, -0.15) is 0 Å². The predicted molar refractivity (Wildman–Crippen MR) is 136 cm³/mol. The van der Waals surface area contributed by atoms with Crippen molar-refractivity contribution in [2.45, 2.75) is 51.2 Å². The van der Waals surface area contributed by atoms with Crippen LogP contribution in [-0.2, 0) is 0 Å². The molecule has 2 aromatic heterocycles. The molecule has 1 amide bonds. The van der Waals surface area contributed by atoms with Crippen molar-refractivity contribution in [3.05, 3.63) is 40.8 Å². The number of aliphatic hydroxyl groups is 1. The summed E-state index contributed by atoms with van der Waals surface area (Å²) < 4.78 is 20.1. The number of amides is 1. The molecule has 2 atom stereocenters. The molecule has 1 aliphatic rings. The van der Waals surface area contributed by atoms with Crippen LogP contribution in [0, 0.1) is 12.7 Å². The number of anilines is 2. The van der Waals surface area contributed by atoms with Gasteiger partial charge in [0.15, 0.2) is 0 Å². The zero-order valence-electron chi connectivity index (χ0n) is 20.3. The fraction of sp³-hybridized carbons (Fsp3) is 0.480. The zero-order valence-corrected chi connectivity index (χ0v) is 21.1. The topological polar surface area (TPSA) is 99.6 Å². The molecule has 4 rings (SSSR count). The lowest BCUT2D eigenvalue weighted by Gasteiger charge is -2.29. The molecule has 8 nitrogen and oxygen atoms in total. The number of nitrogens with one attached hydrogen (secondary N) is 2. The van der Waals surface area contributed by atoms with Crippen LogP contribution in [0.5, 0.6) is 5.75 Å². The van der Waals surface area contributed by atoms with E-state index < -0.39 is 11.9 Å². The number of hydrogen-bond donors (Lipinski definition) is 3. The Hall–Kier alpha value is -2.82. The second kappa shape index (κ2) is 11.3. The fourth-order valence-corrected chi connectivity index (χ4v) is 5.33. The van der Waals surface area contributed by atoms with Gasteiger partial charge in [-0.05, 0) is 70.9 Å². The average molecular weight is 502 g/mol. The standard InChI is InChI=1S/C25H32FN5O3S/c1-15-21-23(28-14-29-25(21)35-22(15)24(33)27-11-6-12-31(2)3)30-17-10-9-16(26)13-20(17)34-19-8-5-4-7-18(19)32/h9-10,13-14,18-19,32H,4-8,11-12H2,1-3H3,(H,27,33)(H,28,29,30)/t18-,19?/m1/s1. The predicted octanol–water partition coefficient (Wildman–Crippen LogP) is 4.25. The van der Waals surface area contributed by atoms with E-state index in [2.05, 4.69) is 25.5 Å². The molecule has 1 saturated carbocycles. The van der Waals surface area contributed by atoms with Gasteiger partial charge >= 0.3 is 0 Å². The highest BCUT2D eigenvalue weighted by Crippen LogP contribution is 2.37. The van der Waals surface area contributed by atoms with E-state index in [4.69, 9.17) is 4.74 Å². The molecule has 2 heterocycles. The van der Waals surface area contributed by atoms with Crippen molar-refractivity contribution in [3.63, 3.8) is 0 Å². The molecule has 0 spiro atoms. The Kier molecular flexibility index (Phi) is 8.15. The maximum atomic E-state index is 14.1. The molecule has 1 fully saturated rings. The number of thiophene rings is 1. The Labute approximate surface area is 208 Å². The number of ether oxygens (including phenoxy) is 1. The van der Waals surface area contributed by atoms with Crippen molar-refractivity contribution in [2.24, 2.45) is 0 Å². The minimum Gasteiger partial charge on any atom is -0.485 e. The first-order valence-corrected chi connectivity index (χ1v) is 12.7. The Balaban J connectivity index is 1.58. The molecule has 10 heteroatoms. The summed E-state index contributed by atoms with van der Waals surface area (Å²) in [4.78, 5) is 24.9. The number of aryl methyl sites for hydroxylation is 1. The monoisotopic (exact) mass is 501 g/mol. The van der Waals surface area contributed by atoms with Crippen molar-refractivity contribution in [1.29, 1.82) is 0 Å². The fourth-order valence-electron chi connectivity index (χ4n) is 4.26. The Bertz CT molecular complexity index is 1190. The van der Waals surface area contributed by atoms with Crippen molar-refractivity contribution in [3.8, 4) is 5.75 Å². The zero-order chi connectivity index (χ0) is 24.9. The second-order valence-corrected chi connectivity index (χ2v) is 10.1. The maximum Gasteiger partial charge on any atom is 0.261 e. The van der Waals surface area contributed by atoms with Crippen LogP contribution in [0.3, 0.4) is 0 Å². The van der Waals surface area contributed by atoms with Crippen LogP contribution in [0.1, 0.15) is 47.3 Å². The minimum absolute atomic E-state index is 0.132. The molecular formula is C25H32FN5O3S. The lowest BCUT2D eigenvalue weighted by atomic mass is 9.95. The van der Waals surface area contributed by atoms with Crippen LogP contribution in [0.25, 0.3) is 10.2 Å². The third kappa shape index (κ3) is 6.06. The van der Waals surface area contributed by atoms with Gasteiger partial charge in [0.2, 0.25) is 0 Å². The van der Waals surface area contributed by atoms with E-state index in [1.807, 2.05) is 21.0 Å². The third-order valence-electron chi connectivity index (χ3n) is 6.14. The highest BCUT2D eigenvalue weighted by molar-refractivity contribution is 7.20. The summed E-state index contributed by atoms with van der Waals surface area (Å²) in [5.41, 5.74) is 1.31. The lowest BCUT2D eigenvalue weighted by Crippen LogP contribution is -2.34. The summed E-state index contributed by atoms with van der Waals surface area (Å²) >= 11 is 1.32. The number of halogens is 1. The molecule has 3 aromatic rings. The number of nitrogens with zero attached hydrogens (tertiary/aromatic N) is 3. The lowest BCUT2D eigenvalue weighted by molar-refractivity contribution is 0.00712. The Morgan fingerprint density at radius 2 is 2.09 bits per heavy atom.